The molecular formula is C5H10F2O3S. The van der Waals surface area contributed by atoms with Gasteiger partial charge >= 0.3 is 15.4 Å². The maximum atomic E-state index is 12.1. The first-order chi connectivity index (χ1) is 4.67. The molecule has 0 aromatic heterocycles. The molecule has 0 amide bonds. The number of hydrogen-bond donors (Lipinski definition) is 0. The van der Waals surface area contributed by atoms with Gasteiger partial charge in [0.05, 0.1) is 6.10 Å². The maximum Gasteiger partial charge on any atom is 0.367 e. The fraction of sp³-hybridized carbons (Fsp3) is 1.00. The van der Waals surface area contributed by atoms with E-state index < -0.39 is 21.5 Å². The molecular weight excluding hydrogens is 178 g/mol. The Hall–Kier alpha value is -0.230. The van der Waals surface area contributed by atoms with Crippen LogP contribution < -0.4 is 0 Å². The molecule has 0 unspecified atom stereocenters. The fourth-order valence-corrected chi connectivity index (χ4v) is 1.01. The van der Waals surface area contributed by atoms with E-state index >= 15 is 0 Å². The SMILES string of the molecule is CC(C)OS(=O)(=O)C(C)(F)F. The number of rotatable bonds is 3. The molecule has 0 atom stereocenters. The molecule has 0 rings (SSSR count). The van der Waals surface area contributed by atoms with Crippen LogP contribution in [0.5, 0.6) is 0 Å². The lowest BCUT2D eigenvalue weighted by Gasteiger charge is -2.13. The summed E-state index contributed by atoms with van der Waals surface area (Å²) >= 11 is 0. The number of halogens is 2. The molecule has 0 heterocycles. The van der Waals surface area contributed by atoms with Gasteiger partial charge in [0.1, 0.15) is 0 Å². The van der Waals surface area contributed by atoms with Gasteiger partial charge < -0.3 is 0 Å². The van der Waals surface area contributed by atoms with Gasteiger partial charge in [-0.25, -0.2) is 0 Å². The van der Waals surface area contributed by atoms with Gasteiger partial charge in [-0.3, -0.25) is 4.18 Å². The normalized spacial score (nSPS) is 14.0. The molecule has 0 bridgehead atoms. The zero-order chi connectivity index (χ0) is 9.28. The van der Waals surface area contributed by atoms with Crippen LogP contribution >= 0.6 is 0 Å². The van der Waals surface area contributed by atoms with Crippen molar-refractivity contribution in [2.24, 2.45) is 0 Å². The van der Waals surface area contributed by atoms with Crippen LogP contribution in [-0.4, -0.2) is 19.8 Å². The second kappa shape index (κ2) is 3.02. The fourth-order valence-electron chi connectivity index (χ4n) is 0.338. The molecule has 11 heavy (non-hydrogen) atoms. The van der Waals surface area contributed by atoms with E-state index in [1.807, 2.05) is 0 Å². The number of hydrogen-bond acceptors (Lipinski definition) is 3. The second-order valence-electron chi connectivity index (χ2n) is 2.41. The molecule has 3 nitrogen and oxygen atoms in total. The molecule has 0 aromatic carbocycles. The van der Waals surface area contributed by atoms with Gasteiger partial charge in [-0.15, -0.1) is 0 Å². The minimum Gasteiger partial charge on any atom is -0.263 e. The van der Waals surface area contributed by atoms with Crippen molar-refractivity contribution in [2.45, 2.75) is 32.1 Å². The zero-order valence-electron chi connectivity index (χ0n) is 6.47. The van der Waals surface area contributed by atoms with Crippen LogP contribution in [-0.2, 0) is 14.3 Å². The standard InChI is InChI=1S/C5H10F2O3S/c1-4(2)10-11(8,9)5(3,6)7/h4H,1-3H3. The van der Waals surface area contributed by atoms with Gasteiger partial charge in [0.15, 0.2) is 0 Å². The molecule has 0 saturated carbocycles. The summed E-state index contributed by atoms with van der Waals surface area (Å²) in [6, 6.07) is 0. The van der Waals surface area contributed by atoms with Crippen LogP contribution in [0.4, 0.5) is 8.78 Å². The highest BCUT2D eigenvalue weighted by molar-refractivity contribution is 7.87. The van der Waals surface area contributed by atoms with E-state index in [1.54, 1.807) is 0 Å². The summed E-state index contributed by atoms with van der Waals surface area (Å²) in [6.07, 6.45) is -0.758. The van der Waals surface area contributed by atoms with Crippen molar-refractivity contribution in [3.05, 3.63) is 0 Å². The Labute approximate surface area is 64.5 Å². The van der Waals surface area contributed by atoms with Crippen LogP contribution in [0.1, 0.15) is 20.8 Å². The predicted molar refractivity (Wildman–Crippen MR) is 35.8 cm³/mol. The third-order valence-corrected chi connectivity index (χ3v) is 2.27. The van der Waals surface area contributed by atoms with Crippen LogP contribution in [0, 0.1) is 0 Å². The highest BCUT2D eigenvalue weighted by Crippen LogP contribution is 2.22. The van der Waals surface area contributed by atoms with Crippen molar-refractivity contribution >= 4 is 10.1 Å². The largest absolute Gasteiger partial charge is 0.367 e. The van der Waals surface area contributed by atoms with E-state index in [9.17, 15) is 17.2 Å². The van der Waals surface area contributed by atoms with Gasteiger partial charge in [0.25, 0.3) is 0 Å². The van der Waals surface area contributed by atoms with Crippen LogP contribution in [0.25, 0.3) is 0 Å². The Kier molecular flexibility index (Phi) is 2.96. The molecule has 68 valence electrons. The van der Waals surface area contributed by atoms with Crippen molar-refractivity contribution < 1.29 is 21.4 Å². The summed E-state index contributed by atoms with van der Waals surface area (Å²) in [6.45, 7) is 3.01. The first-order valence-corrected chi connectivity index (χ1v) is 4.38. The van der Waals surface area contributed by atoms with Gasteiger partial charge in [-0.1, -0.05) is 0 Å². The Balaban J connectivity index is 4.51. The van der Waals surface area contributed by atoms with Crippen molar-refractivity contribution in [1.82, 2.24) is 0 Å². The minimum absolute atomic E-state index is 0.282. The van der Waals surface area contributed by atoms with Crippen molar-refractivity contribution in [3.8, 4) is 0 Å². The molecule has 0 aromatic rings. The Morgan fingerprint density at radius 2 is 1.73 bits per heavy atom. The molecule has 0 aliphatic rings. The summed E-state index contributed by atoms with van der Waals surface area (Å²) in [5.41, 5.74) is 0. The lowest BCUT2D eigenvalue weighted by Crippen LogP contribution is -2.29. The van der Waals surface area contributed by atoms with Crippen molar-refractivity contribution in [3.63, 3.8) is 0 Å². The predicted octanol–water partition coefficient (Wildman–Crippen LogP) is 1.35. The van der Waals surface area contributed by atoms with E-state index in [1.165, 1.54) is 13.8 Å². The Morgan fingerprint density at radius 1 is 1.36 bits per heavy atom. The highest BCUT2D eigenvalue weighted by atomic mass is 32.2. The minimum atomic E-state index is -4.73. The quantitative estimate of drug-likeness (QED) is 0.628. The number of alkyl halides is 2. The Bertz CT molecular complexity index is 214. The first kappa shape index (κ1) is 10.8. The molecule has 0 aliphatic heterocycles. The first-order valence-electron chi connectivity index (χ1n) is 2.97. The average molecular weight is 188 g/mol. The van der Waals surface area contributed by atoms with E-state index in [4.69, 9.17) is 0 Å². The summed E-state index contributed by atoms with van der Waals surface area (Å²) < 4.78 is 49.3. The monoisotopic (exact) mass is 188 g/mol. The second-order valence-corrected chi connectivity index (χ2v) is 4.22. The third-order valence-electron chi connectivity index (χ3n) is 0.758. The van der Waals surface area contributed by atoms with Crippen LogP contribution in [0.15, 0.2) is 0 Å². The van der Waals surface area contributed by atoms with Gasteiger partial charge in [-0.05, 0) is 13.8 Å². The molecule has 0 N–H and O–H groups in total. The molecule has 0 saturated heterocycles. The van der Waals surface area contributed by atoms with E-state index in [0.717, 1.165) is 0 Å². The summed E-state index contributed by atoms with van der Waals surface area (Å²) in [5.74, 6) is 0. The van der Waals surface area contributed by atoms with E-state index in [2.05, 4.69) is 4.18 Å². The van der Waals surface area contributed by atoms with Gasteiger partial charge in [0.2, 0.25) is 0 Å². The smallest absolute Gasteiger partial charge is 0.263 e. The zero-order valence-corrected chi connectivity index (χ0v) is 7.28. The lowest BCUT2D eigenvalue weighted by atomic mass is 10.5. The summed E-state index contributed by atoms with van der Waals surface area (Å²) in [5, 5.41) is -3.82. The summed E-state index contributed by atoms with van der Waals surface area (Å²) in [4.78, 5) is 0. The molecule has 0 aliphatic carbocycles. The van der Waals surface area contributed by atoms with Gasteiger partial charge in [-0.2, -0.15) is 17.2 Å². The van der Waals surface area contributed by atoms with E-state index in [-0.39, 0.29) is 6.92 Å². The molecule has 0 fully saturated rings. The van der Waals surface area contributed by atoms with Crippen LogP contribution in [0.2, 0.25) is 0 Å². The van der Waals surface area contributed by atoms with Crippen LogP contribution in [0.3, 0.4) is 0 Å². The molecule has 6 heteroatoms. The third kappa shape index (κ3) is 3.11. The lowest BCUT2D eigenvalue weighted by molar-refractivity contribution is 0.0860. The molecule has 0 radical (unpaired) electrons. The topological polar surface area (TPSA) is 43.4 Å². The maximum absolute atomic E-state index is 12.1. The van der Waals surface area contributed by atoms with E-state index in [0.29, 0.717) is 0 Å². The molecule has 0 spiro atoms. The summed E-state index contributed by atoms with van der Waals surface area (Å²) in [7, 11) is -4.73. The van der Waals surface area contributed by atoms with Gasteiger partial charge in [0, 0.05) is 6.92 Å². The van der Waals surface area contributed by atoms with Crippen molar-refractivity contribution in [1.29, 1.82) is 0 Å². The van der Waals surface area contributed by atoms with Crippen molar-refractivity contribution in [2.75, 3.05) is 0 Å². The average Bonchev–Trinajstić information content (AvgIpc) is 1.56. The highest BCUT2D eigenvalue weighted by Gasteiger charge is 2.41. The Morgan fingerprint density at radius 3 is 1.82 bits per heavy atom.